The van der Waals surface area contributed by atoms with Gasteiger partial charge < -0.3 is 4.74 Å². The lowest BCUT2D eigenvalue weighted by molar-refractivity contribution is 0.0511. The van der Waals surface area contributed by atoms with E-state index in [1.807, 2.05) is 73.1 Å². The first-order valence-corrected chi connectivity index (χ1v) is 15.1. The van der Waals surface area contributed by atoms with Crippen molar-refractivity contribution < 1.29 is 14.3 Å². The van der Waals surface area contributed by atoms with Gasteiger partial charge in [-0.3, -0.25) is 4.79 Å². The number of rotatable bonds is 6. The second-order valence-electron chi connectivity index (χ2n) is 10.2. The van der Waals surface area contributed by atoms with Crippen molar-refractivity contribution >= 4 is 11.8 Å². The predicted octanol–water partition coefficient (Wildman–Crippen LogP) is 6.55. The van der Waals surface area contributed by atoms with Crippen LogP contribution in [0.2, 0.25) is 0 Å². The molecule has 0 bridgehead atoms. The molecule has 2 aliphatic rings. The Bertz CT molecular complexity index is 1320. The van der Waals surface area contributed by atoms with Gasteiger partial charge in [0.25, 0.3) is 5.82 Å². The zero-order valence-corrected chi connectivity index (χ0v) is 25.6. The summed E-state index contributed by atoms with van der Waals surface area (Å²) in [5.74, 6) is 2.03. The Kier molecular flexibility index (Phi) is 13.1. The predicted molar refractivity (Wildman–Crippen MR) is 163 cm³/mol. The molecule has 42 heavy (non-hydrogen) atoms. The Morgan fingerprint density at radius 1 is 0.857 bits per heavy atom. The molecule has 9 nitrogen and oxygen atoms in total. The first-order chi connectivity index (χ1) is 20.4. The average molecular weight is 573 g/mol. The first kappa shape index (κ1) is 32.4. The third-order valence-electron chi connectivity index (χ3n) is 6.75. The summed E-state index contributed by atoms with van der Waals surface area (Å²) >= 11 is 0. The summed E-state index contributed by atoms with van der Waals surface area (Å²) in [5, 5.41) is 8.51. The van der Waals surface area contributed by atoms with Crippen molar-refractivity contribution in [3.63, 3.8) is 0 Å². The Morgan fingerprint density at radius 2 is 1.45 bits per heavy atom. The van der Waals surface area contributed by atoms with Crippen molar-refractivity contribution in [1.29, 1.82) is 0 Å². The largest absolute Gasteiger partial charge is 0.460 e. The first-order valence-electron chi connectivity index (χ1n) is 15.1. The van der Waals surface area contributed by atoms with E-state index in [1.165, 1.54) is 12.0 Å². The van der Waals surface area contributed by atoms with Gasteiger partial charge >= 0.3 is 5.97 Å². The highest BCUT2D eigenvalue weighted by molar-refractivity contribution is 5.94. The highest BCUT2D eigenvalue weighted by Crippen LogP contribution is 2.30. The van der Waals surface area contributed by atoms with Gasteiger partial charge in [0, 0.05) is 25.3 Å². The van der Waals surface area contributed by atoms with Crippen LogP contribution in [0.3, 0.4) is 0 Å². The van der Waals surface area contributed by atoms with E-state index >= 15 is 0 Å². The van der Waals surface area contributed by atoms with E-state index in [0.29, 0.717) is 12.4 Å². The van der Waals surface area contributed by atoms with E-state index in [9.17, 15) is 9.59 Å². The summed E-state index contributed by atoms with van der Waals surface area (Å²) in [6.07, 6.45) is 5.95. The molecule has 4 aromatic rings. The highest BCUT2D eigenvalue weighted by Gasteiger charge is 2.29. The monoisotopic (exact) mass is 572 g/mol. The molecule has 0 fully saturated rings. The third kappa shape index (κ3) is 8.93. The van der Waals surface area contributed by atoms with Crippen molar-refractivity contribution in [2.24, 2.45) is 5.92 Å². The Labute approximate surface area is 249 Å². The molecular weight excluding hydrogens is 528 g/mol. The van der Waals surface area contributed by atoms with Crippen LogP contribution < -0.4 is 0 Å². The van der Waals surface area contributed by atoms with Gasteiger partial charge in [0.15, 0.2) is 0 Å². The van der Waals surface area contributed by atoms with Crippen LogP contribution in [0.1, 0.15) is 105 Å². The second kappa shape index (κ2) is 17.0. The van der Waals surface area contributed by atoms with E-state index < -0.39 is 5.97 Å². The van der Waals surface area contributed by atoms with Gasteiger partial charge in [0.2, 0.25) is 11.6 Å². The van der Waals surface area contributed by atoms with Gasteiger partial charge in [-0.25, -0.2) is 24.1 Å². The van der Waals surface area contributed by atoms with Crippen molar-refractivity contribution in [3.05, 3.63) is 95.6 Å². The number of Topliss-reactive ketones (excluding diaryl/α,β-unsaturated/α-hetero) is 1. The molecule has 2 aromatic carbocycles. The van der Waals surface area contributed by atoms with Crippen LogP contribution in [-0.2, 0) is 24.1 Å². The Morgan fingerprint density at radius 3 is 2.02 bits per heavy atom. The van der Waals surface area contributed by atoms with Gasteiger partial charge in [0.05, 0.1) is 12.6 Å². The standard InChI is InChI=1S/C16H19N3O.C8H11N3O2.C6H6.C3H8/c1-3-11(2)15(20)16-17-14-10-9-13(19(14)18-16)12-7-5-4-6-8-12;1-2-13-8(12)7-9-6-4-3-5-11(6)10-7;1-2-4-6-5-3-1;1-3-2/h4-8,11,13H,3,9-10H2,1-2H3;2-5H2,1H3;1-6H;3H2,1-2H3. The summed E-state index contributed by atoms with van der Waals surface area (Å²) in [5.41, 5.74) is 1.23. The van der Waals surface area contributed by atoms with E-state index in [-0.39, 0.29) is 23.6 Å². The number of ketones is 1. The van der Waals surface area contributed by atoms with Crippen LogP contribution in [-0.4, -0.2) is 47.9 Å². The molecular formula is C33H44N6O3. The molecule has 6 rings (SSSR count). The number of aromatic nitrogens is 6. The van der Waals surface area contributed by atoms with E-state index in [4.69, 9.17) is 4.74 Å². The minimum atomic E-state index is -0.426. The molecule has 0 aliphatic carbocycles. The number of carbonyl (C=O) groups excluding carboxylic acids is 2. The average Bonchev–Trinajstić information content (AvgIpc) is 3.81. The number of benzene rings is 2. The summed E-state index contributed by atoms with van der Waals surface area (Å²) in [7, 11) is 0. The molecule has 0 saturated carbocycles. The van der Waals surface area contributed by atoms with Gasteiger partial charge in [-0.1, -0.05) is 101 Å². The van der Waals surface area contributed by atoms with Gasteiger partial charge in [-0.05, 0) is 31.7 Å². The molecule has 0 amide bonds. The summed E-state index contributed by atoms with van der Waals surface area (Å²) in [6.45, 7) is 11.2. The molecule has 224 valence electrons. The number of carbonyl (C=O) groups is 2. The zero-order chi connectivity index (χ0) is 30.3. The van der Waals surface area contributed by atoms with Crippen LogP contribution in [0, 0.1) is 5.92 Å². The molecule has 9 heteroatoms. The van der Waals surface area contributed by atoms with Crippen LogP contribution >= 0.6 is 0 Å². The molecule has 0 saturated heterocycles. The van der Waals surface area contributed by atoms with Gasteiger partial charge in [-0.2, -0.15) is 0 Å². The summed E-state index contributed by atoms with van der Waals surface area (Å²) < 4.78 is 8.49. The fraction of sp³-hybridized carbons (Fsp3) is 0.455. The van der Waals surface area contributed by atoms with E-state index in [1.54, 1.807) is 11.6 Å². The topological polar surface area (TPSA) is 105 Å². The lowest BCUT2D eigenvalue weighted by Crippen LogP contribution is -2.14. The number of hydrogen-bond acceptors (Lipinski definition) is 7. The van der Waals surface area contributed by atoms with Crippen molar-refractivity contribution in [3.8, 4) is 0 Å². The molecule has 0 N–H and O–H groups in total. The quantitative estimate of drug-likeness (QED) is 0.191. The SMILES string of the molecule is CCC.CCC(C)C(=O)c1nc2n(n1)C(c1ccccc1)CC2.CCOC(=O)c1nc2n(n1)CCC2.c1ccccc1. The number of aryl methyl sites for hydroxylation is 3. The summed E-state index contributed by atoms with van der Waals surface area (Å²) in [6, 6.07) is 22.5. The zero-order valence-electron chi connectivity index (χ0n) is 25.6. The summed E-state index contributed by atoms with van der Waals surface area (Å²) in [4.78, 5) is 31.9. The molecule has 2 unspecified atom stereocenters. The van der Waals surface area contributed by atoms with E-state index in [2.05, 4.69) is 46.1 Å². The van der Waals surface area contributed by atoms with Crippen molar-refractivity contribution in [1.82, 2.24) is 29.5 Å². The third-order valence-corrected chi connectivity index (χ3v) is 6.75. The fourth-order valence-corrected chi connectivity index (χ4v) is 4.45. The maximum absolute atomic E-state index is 12.2. The van der Waals surface area contributed by atoms with Crippen molar-refractivity contribution in [2.75, 3.05) is 6.61 Å². The number of ether oxygens (including phenoxy) is 1. The number of nitrogens with zero attached hydrogens (tertiary/aromatic N) is 6. The number of esters is 1. The smallest absolute Gasteiger partial charge is 0.378 e. The minimum Gasteiger partial charge on any atom is -0.460 e. The van der Waals surface area contributed by atoms with E-state index in [0.717, 1.165) is 50.3 Å². The molecule has 2 atom stereocenters. The van der Waals surface area contributed by atoms with Crippen LogP contribution in [0.25, 0.3) is 0 Å². The highest BCUT2D eigenvalue weighted by atomic mass is 16.5. The van der Waals surface area contributed by atoms with Gasteiger partial charge in [0.1, 0.15) is 11.6 Å². The lowest BCUT2D eigenvalue weighted by atomic mass is 10.0. The Hall–Kier alpha value is -4.14. The normalized spacial score (nSPS) is 14.9. The van der Waals surface area contributed by atoms with Crippen LogP contribution in [0.4, 0.5) is 0 Å². The lowest BCUT2D eigenvalue weighted by Gasteiger charge is -2.11. The maximum Gasteiger partial charge on any atom is 0.378 e. The molecule has 2 aromatic heterocycles. The van der Waals surface area contributed by atoms with Crippen molar-refractivity contribution in [2.45, 2.75) is 85.7 Å². The molecule has 0 radical (unpaired) electrons. The Balaban J connectivity index is 0.000000187. The molecule has 4 heterocycles. The molecule has 0 spiro atoms. The van der Waals surface area contributed by atoms with Crippen LogP contribution in [0.15, 0.2) is 66.7 Å². The number of hydrogen-bond donors (Lipinski definition) is 0. The van der Waals surface area contributed by atoms with Crippen LogP contribution in [0.5, 0.6) is 0 Å². The molecule has 2 aliphatic heterocycles. The fourth-order valence-electron chi connectivity index (χ4n) is 4.45. The number of fused-ring (bicyclic) bond motifs is 2. The maximum atomic E-state index is 12.2. The second-order valence-corrected chi connectivity index (χ2v) is 10.2. The minimum absolute atomic E-state index is 0.00620. The van der Waals surface area contributed by atoms with Gasteiger partial charge in [-0.15, -0.1) is 10.2 Å².